The van der Waals surface area contributed by atoms with Crippen LogP contribution in [-0.4, -0.2) is 69.0 Å². The largest absolute Gasteiger partial charge is 0.387 e. The Hall–Kier alpha value is -1.59. The minimum absolute atomic E-state index is 0.175. The molecule has 1 aliphatic heterocycles. The van der Waals surface area contributed by atoms with E-state index in [-0.39, 0.29) is 18.0 Å². The van der Waals surface area contributed by atoms with Gasteiger partial charge in [0.1, 0.15) is 30.2 Å². The van der Waals surface area contributed by atoms with Crippen LogP contribution in [-0.2, 0) is 14.8 Å². The van der Waals surface area contributed by atoms with Crippen molar-refractivity contribution >= 4 is 25.8 Å². The summed E-state index contributed by atoms with van der Waals surface area (Å²) in [5.41, 5.74) is 6.43. The molecular formula is C16H27N5O4Si. The molecule has 0 aromatic carbocycles. The number of rotatable bonds is 4. The molecule has 4 atom stereocenters. The molecule has 10 heteroatoms. The molecule has 0 unspecified atom stereocenters. The summed E-state index contributed by atoms with van der Waals surface area (Å²) in [7, 11) is -1.74. The molecule has 3 heterocycles. The van der Waals surface area contributed by atoms with Crippen molar-refractivity contribution in [3.63, 3.8) is 0 Å². The zero-order chi connectivity index (χ0) is 19.3. The molecule has 144 valence electrons. The molecule has 9 nitrogen and oxygen atoms in total. The highest BCUT2D eigenvalue weighted by Crippen LogP contribution is 2.40. The van der Waals surface area contributed by atoms with Gasteiger partial charge in [0.05, 0.1) is 27.3 Å². The molecule has 0 saturated carbocycles. The lowest BCUT2D eigenvalue weighted by atomic mass is 10.1. The second kappa shape index (κ2) is 6.53. The van der Waals surface area contributed by atoms with E-state index < -0.39 is 32.5 Å². The molecule has 1 fully saturated rings. The Kier molecular flexibility index (Phi) is 4.82. The van der Waals surface area contributed by atoms with Crippen LogP contribution in [0.15, 0.2) is 12.7 Å². The third-order valence-corrected chi connectivity index (χ3v) is 7.12. The highest BCUT2D eigenvalue weighted by Gasteiger charge is 2.58. The van der Waals surface area contributed by atoms with Gasteiger partial charge < -0.3 is 25.4 Å². The lowest BCUT2D eigenvalue weighted by Crippen LogP contribution is -2.54. The van der Waals surface area contributed by atoms with Crippen LogP contribution >= 0.6 is 0 Å². The first-order valence-electron chi connectivity index (χ1n) is 8.70. The molecular weight excluding hydrogens is 354 g/mol. The third-order valence-electron chi connectivity index (χ3n) is 4.71. The molecule has 26 heavy (non-hydrogen) atoms. The summed E-state index contributed by atoms with van der Waals surface area (Å²) < 4.78 is 13.8. The Morgan fingerprint density at radius 2 is 2.00 bits per heavy atom. The number of hydrogen-bond acceptors (Lipinski definition) is 8. The van der Waals surface area contributed by atoms with Crippen LogP contribution in [0, 0.1) is 0 Å². The van der Waals surface area contributed by atoms with E-state index in [9.17, 15) is 10.2 Å². The zero-order valence-electron chi connectivity index (χ0n) is 15.7. The third kappa shape index (κ3) is 3.01. The molecule has 0 amide bonds. The average molecular weight is 382 g/mol. The van der Waals surface area contributed by atoms with E-state index in [1.165, 1.54) is 6.33 Å². The molecule has 1 saturated heterocycles. The van der Waals surface area contributed by atoms with Gasteiger partial charge in [-0.15, -0.1) is 0 Å². The van der Waals surface area contributed by atoms with Crippen molar-refractivity contribution in [2.24, 2.45) is 0 Å². The Morgan fingerprint density at radius 3 is 2.62 bits per heavy atom. The first-order valence-corrected chi connectivity index (χ1v) is 11.6. The van der Waals surface area contributed by atoms with Crippen molar-refractivity contribution in [3.05, 3.63) is 12.7 Å². The number of aliphatic hydroxyl groups excluding tert-OH is 2. The van der Waals surface area contributed by atoms with Gasteiger partial charge in [0, 0.05) is 0 Å². The van der Waals surface area contributed by atoms with Gasteiger partial charge in [-0.2, -0.15) is 0 Å². The van der Waals surface area contributed by atoms with Crippen molar-refractivity contribution in [1.82, 2.24) is 19.5 Å². The first-order chi connectivity index (χ1) is 12.1. The predicted octanol–water partition coefficient (Wildman–Crippen LogP) is 0.0229. The Balaban J connectivity index is 2.04. The van der Waals surface area contributed by atoms with E-state index >= 15 is 0 Å². The molecule has 3 rings (SSSR count). The maximum Gasteiger partial charge on any atom is 0.167 e. The number of nitrogens with zero attached hydrogens (tertiary/aromatic N) is 4. The maximum atomic E-state index is 11.0. The Morgan fingerprint density at radius 1 is 1.31 bits per heavy atom. The summed E-state index contributed by atoms with van der Waals surface area (Å²) in [4.78, 5) is 12.5. The Labute approximate surface area is 153 Å². The lowest BCUT2D eigenvalue weighted by molar-refractivity contribution is -0.118. The highest BCUT2D eigenvalue weighted by atomic mass is 28.3. The fourth-order valence-corrected chi connectivity index (χ4v) is 5.43. The number of hydrogen-bond donors (Lipinski definition) is 3. The van der Waals surface area contributed by atoms with Crippen molar-refractivity contribution in [1.29, 1.82) is 0 Å². The van der Waals surface area contributed by atoms with Gasteiger partial charge >= 0.3 is 0 Å². The van der Waals surface area contributed by atoms with Crippen LogP contribution in [0.4, 0.5) is 5.82 Å². The molecule has 0 aliphatic carbocycles. The van der Waals surface area contributed by atoms with E-state index in [2.05, 4.69) is 15.0 Å². The second-order valence-electron chi connectivity index (χ2n) is 7.97. The van der Waals surface area contributed by atoms with Crippen molar-refractivity contribution < 1.29 is 19.7 Å². The summed E-state index contributed by atoms with van der Waals surface area (Å²) in [6.45, 7) is 10.0. The average Bonchev–Trinajstić information content (AvgIpc) is 3.08. The molecule has 0 spiro atoms. The van der Waals surface area contributed by atoms with Gasteiger partial charge in [0.2, 0.25) is 0 Å². The predicted molar refractivity (Wildman–Crippen MR) is 99.2 cm³/mol. The van der Waals surface area contributed by atoms with Crippen LogP contribution in [0.25, 0.3) is 11.2 Å². The summed E-state index contributed by atoms with van der Waals surface area (Å²) in [5.74, 6) is 0.259. The standard InChI is InChI=1S/C16H27N5O4Si/c1-15(2,3)24-6-9-11(22)12(23)16(25-9,26(4)5)21-8-20-10-13(17)18-7-19-14(10)21/h7-9,11-12,22-23,26H,6H2,1-5H3,(H2,17,18,19)/t9-,11-,12-,16+/m1/s1. The summed E-state index contributed by atoms with van der Waals surface area (Å²) >= 11 is 0. The van der Waals surface area contributed by atoms with E-state index in [1.807, 2.05) is 33.9 Å². The molecule has 0 radical (unpaired) electrons. The van der Waals surface area contributed by atoms with Gasteiger partial charge in [-0.1, -0.05) is 13.1 Å². The van der Waals surface area contributed by atoms with Crippen LogP contribution in [0.1, 0.15) is 20.8 Å². The number of aromatic nitrogens is 4. The van der Waals surface area contributed by atoms with Crippen molar-refractivity contribution in [2.45, 2.75) is 63.1 Å². The molecule has 2 aromatic heterocycles. The number of anilines is 1. The zero-order valence-corrected chi connectivity index (χ0v) is 16.9. The molecule has 1 aliphatic rings. The normalized spacial score (nSPS) is 29.8. The van der Waals surface area contributed by atoms with Crippen LogP contribution < -0.4 is 5.73 Å². The van der Waals surface area contributed by atoms with Gasteiger partial charge in [-0.25, -0.2) is 15.0 Å². The quantitative estimate of drug-likeness (QED) is 0.633. The van der Waals surface area contributed by atoms with Crippen LogP contribution in [0.5, 0.6) is 0 Å². The number of nitrogen functional groups attached to an aromatic ring is 1. The van der Waals surface area contributed by atoms with Gasteiger partial charge in [-0.3, -0.25) is 4.57 Å². The number of nitrogens with two attached hydrogens (primary N) is 1. The number of imidazole rings is 1. The first kappa shape index (κ1) is 19.2. The molecule has 2 aromatic rings. The van der Waals surface area contributed by atoms with E-state index in [0.717, 1.165) is 0 Å². The van der Waals surface area contributed by atoms with E-state index in [0.29, 0.717) is 11.2 Å². The van der Waals surface area contributed by atoms with E-state index in [1.54, 1.807) is 10.9 Å². The summed E-state index contributed by atoms with van der Waals surface area (Å²) in [6, 6.07) is 0. The SMILES string of the molecule is C[SiH](C)[C@@]1(n2cnc3c(N)ncnc32)O[C@H](COC(C)(C)C)[C@@H](O)[C@H]1O. The molecule has 4 N–H and O–H groups in total. The number of fused-ring (bicyclic) bond motifs is 1. The van der Waals surface area contributed by atoms with Crippen molar-refractivity contribution in [2.75, 3.05) is 12.3 Å². The fraction of sp³-hybridized carbons (Fsp3) is 0.688. The van der Waals surface area contributed by atoms with Crippen LogP contribution in [0.3, 0.4) is 0 Å². The maximum absolute atomic E-state index is 11.0. The number of aliphatic hydroxyl groups is 2. The minimum atomic E-state index is -1.74. The monoisotopic (exact) mass is 381 g/mol. The van der Waals surface area contributed by atoms with Gasteiger partial charge in [-0.05, 0) is 20.8 Å². The summed E-state index contributed by atoms with van der Waals surface area (Å²) in [6.07, 6.45) is 0.0330. The van der Waals surface area contributed by atoms with Gasteiger partial charge in [0.25, 0.3) is 0 Å². The highest BCUT2D eigenvalue weighted by molar-refractivity contribution is 6.58. The molecule has 0 bridgehead atoms. The van der Waals surface area contributed by atoms with E-state index in [4.69, 9.17) is 15.2 Å². The van der Waals surface area contributed by atoms with Crippen LogP contribution in [0.2, 0.25) is 13.1 Å². The smallest absolute Gasteiger partial charge is 0.167 e. The fourth-order valence-electron chi connectivity index (χ4n) is 3.36. The van der Waals surface area contributed by atoms with Gasteiger partial charge in [0.15, 0.2) is 16.8 Å². The Bertz CT molecular complexity index is 793. The topological polar surface area (TPSA) is 129 Å². The summed E-state index contributed by atoms with van der Waals surface area (Å²) in [5, 5.41) is 20.5. The minimum Gasteiger partial charge on any atom is -0.387 e. The lowest BCUT2D eigenvalue weighted by Gasteiger charge is -2.37. The number of ether oxygens (including phenoxy) is 2. The van der Waals surface area contributed by atoms with Crippen molar-refractivity contribution in [3.8, 4) is 0 Å². The second-order valence-corrected chi connectivity index (χ2v) is 11.1.